The predicted octanol–water partition coefficient (Wildman–Crippen LogP) is 1.64. The number of hydrogen-bond donors (Lipinski definition) is 1. The van der Waals surface area contributed by atoms with Crippen LogP contribution in [0, 0.1) is 5.92 Å². The van der Waals surface area contributed by atoms with Crippen molar-refractivity contribution in [2.24, 2.45) is 5.92 Å². The van der Waals surface area contributed by atoms with E-state index in [1.807, 2.05) is 38.1 Å². The second-order valence-electron chi connectivity index (χ2n) is 4.18. The van der Waals surface area contributed by atoms with Gasteiger partial charge in [-0.3, -0.25) is 4.31 Å². The average molecular weight is 271 g/mol. The standard InChI is InChI=1S/C11H15NO3S.C2H6/c1-16(14,15)12-7-9(8-13)6-10-4-2-3-5-11(10)12;1-2/h2-5,9,13H,6-8H2,1H3;1-2H3/t9-;/m1./s1. The Kier molecular flexibility index (Phi) is 5.16. The first kappa shape index (κ1) is 15.0. The minimum atomic E-state index is -3.26. The molecule has 102 valence electrons. The lowest BCUT2D eigenvalue weighted by molar-refractivity contribution is 0.227. The Balaban J connectivity index is 0.000000771. The molecule has 5 heteroatoms. The molecule has 0 saturated heterocycles. The van der Waals surface area contributed by atoms with Crippen LogP contribution >= 0.6 is 0 Å². The van der Waals surface area contributed by atoms with Crippen molar-refractivity contribution in [1.82, 2.24) is 0 Å². The fraction of sp³-hybridized carbons (Fsp3) is 0.538. The van der Waals surface area contributed by atoms with Gasteiger partial charge in [-0.15, -0.1) is 0 Å². The van der Waals surface area contributed by atoms with Gasteiger partial charge in [-0.25, -0.2) is 8.42 Å². The number of anilines is 1. The molecule has 0 amide bonds. The number of para-hydroxylation sites is 1. The fourth-order valence-electron chi connectivity index (χ4n) is 2.07. The molecule has 1 N–H and O–H groups in total. The van der Waals surface area contributed by atoms with Gasteiger partial charge in [0, 0.05) is 19.1 Å². The summed E-state index contributed by atoms with van der Waals surface area (Å²) < 4.78 is 24.7. The van der Waals surface area contributed by atoms with Crippen LogP contribution in [-0.2, 0) is 16.4 Å². The summed E-state index contributed by atoms with van der Waals surface area (Å²) in [6, 6.07) is 7.44. The molecule has 18 heavy (non-hydrogen) atoms. The molecule has 1 heterocycles. The maximum absolute atomic E-state index is 11.7. The molecule has 0 bridgehead atoms. The maximum atomic E-state index is 11.7. The Hall–Kier alpha value is -1.07. The summed E-state index contributed by atoms with van der Waals surface area (Å²) in [6.07, 6.45) is 1.93. The highest BCUT2D eigenvalue weighted by atomic mass is 32.2. The van der Waals surface area contributed by atoms with Crippen molar-refractivity contribution in [1.29, 1.82) is 0 Å². The van der Waals surface area contributed by atoms with Crippen LogP contribution in [0.2, 0.25) is 0 Å². The summed E-state index contributed by atoms with van der Waals surface area (Å²) in [7, 11) is -3.26. The number of nitrogens with zero attached hydrogens (tertiary/aromatic N) is 1. The topological polar surface area (TPSA) is 57.6 Å². The van der Waals surface area contributed by atoms with E-state index in [2.05, 4.69) is 0 Å². The Morgan fingerprint density at radius 1 is 1.33 bits per heavy atom. The summed E-state index contributed by atoms with van der Waals surface area (Å²) in [5.41, 5.74) is 1.73. The van der Waals surface area contributed by atoms with Gasteiger partial charge in [-0.1, -0.05) is 32.0 Å². The van der Waals surface area contributed by atoms with Crippen molar-refractivity contribution in [3.05, 3.63) is 29.8 Å². The zero-order valence-electron chi connectivity index (χ0n) is 11.1. The lowest BCUT2D eigenvalue weighted by atomic mass is 9.95. The van der Waals surface area contributed by atoms with Crippen molar-refractivity contribution in [3.63, 3.8) is 0 Å². The van der Waals surface area contributed by atoms with E-state index < -0.39 is 10.0 Å². The molecule has 0 aromatic heterocycles. The van der Waals surface area contributed by atoms with Crippen LogP contribution in [0.3, 0.4) is 0 Å². The highest BCUT2D eigenvalue weighted by Gasteiger charge is 2.28. The lowest BCUT2D eigenvalue weighted by Crippen LogP contribution is -2.40. The number of fused-ring (bicyclic) bond motifs is 1. The summed E-state index contributed by atoms with van der Waals surface area (Å²) in [5.74, 6) is -0.00961. The van der Waals surface area contributed by atoms with Crippen LogP contribution in [-0.4, -0.2) is 32.9 Å². The Morgan fingerprint density at radius 3 is 2.50 bits per heavy atom. The van der Waals surface area contributed by atoms with E-state index in [1.54, 1.807) is 0 Å². The number of sulfonamides is 1. The Bertz CT molecular complexity index is 485. The van der Waals surface area contributed by atoms with E-state index in [9.17, 15) is 13.5 Å². The second kappa shape index (κ2) is 6.20. The molecule has 0 unspecified atom stereocenters. The van der Waals surface area contributed by atoms with E-state index in [-0.39, 0.29) is 12.5 Å². The van der Waals surface area contributed by atoms with Gasteiger partial charge in [0.15, 0.2) is 0 Å². The van der Waals surface area contributed by atoms with E-state index in [4.69, 9.17) is 0 Å². The molecule has 1 aliphatic heterocycles. The van der Waals surface area contributed by atoms with Crippen LogP contribution < -0.4 is 4.31 Å². The molecule has 1 atom stereocenters. The molecule has 0 radical (unpaired) electrons. The van der Waals surface area contributed by atoms with Gasteiger partial charge in [-0.2, -0.15) is 0 Å². The largest absolute Gasteiger partial charge is 0.396 e. The number of aliphatic hydroxyl groups is 1. The first-order valence-corrected chi connectivity index (χ1v) is 8.03. The summed E-state index contributed by atoms with van der Waals surface area (Å²) >= 11 is 0. The van der Waals surface area contributed by atoms with Crippen molar-refractivity contribution in [2.75, 3.05) is 23.7 Å². The smallest absolute Gasteiger partial charge is 0.232 e. The number of rotatable bonds is 2. The van der Waals surface area contributed by atoms with Gasteiger partial charge in [0.25, 0.3) is 0 Å². The lowest BCUT2D eigenvalue weighted by Gasteiger charge is -2.33. The van der Waals surface area contributed by atoms with Crippen molar-refractivity contribution in [3.8, 4) is 0 Å². The summed E-state index contributed by atoms with van der Waals surface area (Å²) in [6.45, 7) is 4.38. The van der Waals surface area contributed by atoms with Crippen LogP contribution in [0.15, 0.2) is 24.3 Å². The van der Waals surface area contributed by atoms with Crippen molar-refractivity contribution in [2.45, 2.75) is 20.3 Å². The predicted molar refractivity (Wildman–Crippen MR) is 74.3 cm³/mol. The Morgan fingerprint density at radius 2 is 1.94 bits per heavy atom. The molecule has 4 nitrogen and oxygen atoms in total. The molecule has 0 spiro atoms. The highest BCUT2D eigenvalue weighted by Crippen LogP contribution is 2.30. The number of hydrogen-bond acceptors (Lipinski definition) is 3. The molecule has 0 aliphatic carbocycles. The van der Waals surface area contributed by atoms with Gasteiger partial charge in [0.2, 0.25) is 10.0 Å². The van der Waals surface area contributed by atoms with Gasteiger partial charge in [-0.05, 0) is 18.1 Å². The number of aliphatic hydroxyl groups excluding tert-OH is 1. The molecule has 0 fully saturated rings. The summed E-state index contributed by atoms with van der Waals surface area (Å²) in [4.78, 5) is 0. The van der Waals surface area contributed by atoms with Crippen LogP contribution in [0.25, 0.3) is 0 Å². The second-order valence-corrected chi connectivity index (χ2v) is 6.08. The van der Waals surface area contributed by atoms with Crippen LogP contribution in [0.5, 0.6) is 0 Å². The maximum Gasteiger partial charge on any atom is 0.232 e. The third-order valence-corrected chi connectivity index (χ3v) is 4.00. The van der Waals surface area contributed by atoms with E-state index in [1.165, 1.54) is 10.6 Å². The van der Waals surface area contributed by atoms with Gasteiger partial charge in [0.05, 0.1) is 11.9 Å². The van der Waals surface area contributed by atoms with Crippen molar-refractivity contribution < 1.29 is 13.5 Å². The highest BCUT2D eigenvalue weighted by molar-refractivity contribution is 7.92. The summed E-state index contributed by atoms with van der Waals surface area (Å²) in [5, 5.41) is 9.18. The number of benzene rings is 1. The Labute approximate surface area is 109 Å². The van der Waals surface area contributed by atoms with Crippen molar-refractivity contribution >= 4 is 15.7 Å². The molecule has 1 aromatic rings. The molecule has 2 rings (SSSR count). The van der Waals surface area contributed by atoms with Gasteiger partial charge >= 0.3 is 0 Å². The van der Waals surface area contributed by atoms with Crippen LogP contribution in [0.4, 0.5) is 5.69 Å². The first-order chi connectivity index (χ1) is 8.52. The fourth-order valence-corrected chi connectivity index (χ4v) is 3.09. The van der Waals surface area contributed by atoms with Gasteiger partial charge in [0.1, 0.15) is 0 Å². The monoisotopic (exact) mass is 271 g/mol. The zero-order chi connectivity index (χ0) is 13.8. The minimum absolute atomic E-state index is 0.00961. The molecular formula is C13H21NO3S. The molecule has 1 aromatic carbocycles. The third-order valence-electron chi connectivity index (χ3n) is 2.85. The molecular weight excluding hydrogens is 250 g/mol. The average Bonchev–Trinajstić information content (AvgIpc) is 2.38. The normalized spacial score (nSPS) is 18.7. The molecule has 0 saturated carbocycles. The van der Waals surface area contributed by atoms with Crippen LogP contribution in [0.1, 0.15) is 19.4 Å². The first-order valence-electron chi connectivity index (χ1n) is 6.19. The SMILES string of the molecule is CC.CS(=O)(=O)N1C[C@H](CO)Cc2ccccc21. The zero-order valence-corrected chi connectivity index (χ0v) is 11.9. The van der Waals surface area contributed by atoms with E-state index >= 15 is 0 Å². The van der Waals surface area contributed by atoms with E-state index in [0.717, 1.165) is 17.7 Å². The van der Waals surface area contributed by atoms with E-state index in [0.29, 0.717) is 6.54 Å². The molecule has 1 aliphatic rings. The quantitative estimate of drug-likeness (QED) is 0.889. The third kappa shape index (κ3) is 3.23. The minimum Gasteiger partial charge on any atom is -0.396 e. The van der Waals surface area contributed by atoms with Gasteiger partial charge < -0.3 is 5.11 Å².